The third kappa shape index (κ3) is 2.82. The second-order valence-electron chi connectivity index (χ2n) is 3.99. The molecule has 19 heavy (non-hydrogen) atoms. The summed E-state index contributed by atoms with van der Waals surface area (Å²) >= 11 is 0. The zero-order valence-electron chi connectivity index (χ0n) is 10.4. The molecular formula is C12H14N4O3. The van der Waals surface area contributed by atoms with Crippen molar-refractivity contribution in [3.05, 3.63) is 40.7 Å². The molecule has 0 saturated heterocycles. The molecular weight excluding hydrogens is 248 g/mol. The molecule has 7 nitrogen and oxygen atoms in total. The van der Waals surface area contributed by atoms with Gasteiger partial charge in [0.15, 0.2) is 5.75 Å². The van der Waals surface area contributed by atoms with E-state index in [9.17, 15) is 10.1 Å². The minimum absolute atomic E-state index is 0.0726. The van der Waals surface area contributed by atoms with E-state index in [0.29, 0.717) is 5.75 Å². The van der Waals surface area contributed by atoms with Gasteiger partial charge >= 0.3 is 5.69 Å². The van der Waals surface area contributed by atoms with Gasteiger partial charge in [0.1, 0.15) is 5.69 Å². The fourth-order valence-corrected chi connectivity index (χ4v) is 1.69. The van der Waals surface area contributed by atoms with Gasteiger partial charge in [0.2, 0.25) is 5.75 Å². The number of rotatable bonds is 5. The molecule has 0 aliphatic carbocycles. The van der Waals surface area contributed by atoms with E-state index in [1.807, 2.05) is 6.92 Å². The number of ether oxygens (including phenoxy) is 1. The highest BCUT2D eigenvalue weighted by molar-refractivity contribution is 5.66. The van der Waals surface area contributed by atoms with E-state index >= 15 is 0 Å². The Labute approximate surface area is 109 Å². The van der Waals surface area contributed by atoms with Crippen molar-refractivity contribution in [1.29, 1.82) is 0 Å². The number of anilines is 1. The largest absolute Gasteiger partial charge is 0.447 e. The highest BCUT2D eigenvalue weighted by Crippen LogP contribution is 2.35. The predicted molar refractivity (Wildman–Crippen MR) is 70.1 cm³/mol. The van der Waals surface area contributed by atoms with Crippen LogP contribution in [0.25, 0.3) is 0 Å². The molecule has 0 amide bonds. The third-order valence-corrected chi connectivity index (χ3v) is 2.50. The molecule has 100 valence electrons. The van der Waals surface area contributed by atoms with Gasteiger partial charge in [-0.15, -0.1) is 0 Å². The minimum atomic E-state index is -0.554. The second kappa shape index (κ2) is 5.38. The molecule has 0 unspecified atom stereocenters. The molecule has 0 fully saturated rings. The lowest BCUT2D eigenvalue weighted by atomic mass is 10.2. The van der Waals surface area contributed by atoms with E-state index in [4.69, 9.17) is 10.5 Å². The number of para-hydroxylation sites is 1. The molecule has 2 aromatic rings. The first kappa shape index (κ1) is 12.9. The molecule has 0 bridgehead atoms. The van der Waals surface area contributed by atoms with Crippen LogP contribution in [0.1, 0.15) is 13.3 Å². The number of hydrogen-bond donors (Lipinski definition) is 1. The van der Waals surface area contributed by atoms with E-state index in [2.05, 4.69) is 5.10 Å². The molecule has 1 aromatic heterocycles. The van der Waals surface area contributed by atoms with Gasteiger partial charge < -0.3 is 10.5 Å². The molecule has 0 atom stereocenters. The van der Waals surface area contributed by atoms with Gasteiger partial charge in [0.05, 0.1) is 17.3 Å². The smallest absolute Gasteiger partial charge is 0.334 e. The predicted octanol–water partition coefficient (Wildman–Crippen LogP) is 2.58. The maximum absolute atomic E-state index is 11.0. The molecule has 1 aromatic carbocycles. The Morgan fingerprint density at radius 1 is 1.53 bits per heavy atom. The maximum Gasteiger partial charge on any atom is 0.334 e. The van der Waals surface area contributed by atoms with E-state index in [1.165, 1.54) is 18.3 Å². The van der Waals surface area contributed by atoms with E-state index in [1.54, 1.807) is 16.9 Å². The monoisotopic (exact) mass is 262 g/mol. The molecule has 0 spiro atoms. The zero-order valence-corrected chi connectivity index (χ0v) is 10.4. The number of nitrogens with two attached hydrogens (primary N) is 1. The van der Waals surface area contributed by atoms with Crippen LogP contribution in [0.15, 0.2) is 30.6 Å². The number of hydrogen-bond acceptors (Lipinski definition) is 5. The van der Waals surface area contributed by atoms with Crippen molar-refractivity contribution < 1.29 is 9.66 Å². The highest BCUT2D eigenvalue weighted by Gasteiger charge is 2.19. The molecule has 7 heteroatoms. The van der Waals surface area contributed by atoms with Crippen molar-refractivity contribution in [2.75, 3.05) is 5.73 Å². The molecule has 0 aliphatic heterocycles. The van der Waals surface area contributed by atoms with Crippen LogP contribution in [0.3, 0.4) is 0 Å². The van der Waals surface area contributed by atoms with Crippen LogP contribution >= 0.6 is 0 Å². The van der Waals surface area contributed by atoms with Gasteiger partial charge in [-0.1, -0.05) is 13.0 Å². The van der Waals surface area contributed by atoms with Crippen LogP contribution in [0, 0.1) is 10.1 Å². The Hall–Kier alpha value is -2.57. The molecule has 1 heterocycles. The Balaban J connectivity index is 2.27. The zero-order chi connectivity index (χ0) is 13.8. The van der Waals surface area contributed by atoms with E-state index in [0.717, 1.165) is 13.0 Å². The Morgan fingerprint density at radius 3 is 3.00 bits per heavy atom. The molecule has 2 rings (SSSR count). The summed E-state index contributed by atoms with van der Waals surface area (Å²) in [5, 5.41) is 15.1. The molecule has 0 saturated carbocycles. The summed E-state index contributed by atoms with van der Waals surface area (Å²) in [6, 6.07) is 4.57. The first-order valence-corrected chi connectivity index (χ1v) is 5.85. The van der Waals surface area contributed by atoms with Crippen LogP contribution in [-0.2, 0) is 6.54 Å². The molecule has 0 aliphatic rings. The van der Waals surface area contributed by atoms with Gasteiger partial charge in [-0.25, -0.2) is 0 Å². The number of aromatic nitrogens is 2. The fraction of sp³-hybridized carbons (Fsp3) is 0.250. The van der Waals surface area contributed by atoms with E-state index in [-0.39, 0.29) is 17.1 Å². The van der Waals surface area contributed by atoms with Gasteiger partial charge in [-0.05, 0) is 18.6 Å². The first-order valence-electron chi connectivity index (χ1n) is 5.85. The van der Waals surface area contributed by atoms with Crippen LogP contribution in [0.4, 0.5) is 11.4 Å². The third-order valence-electron chi connectivity index (χ3n) is 2.50. The Kier molecular flexibility index (Phi) is 3.65. The van der Waals surface area contributed by atoms with Crippen molar-refractivity contribution in [2.45, 2.75) is 19.9 Å². The summed E-state index contributed by atoms with van der Waals surface area (Å²) in [7, 11) is 0. The van der Waals surface area contributed by atoms with Crippen molar-refractivity contribution in [3.63, 3.8) is 0 Å². The lowest BCUT2D eigenvalue weighted by Gasteiger charge is -2.05. The molecule has 0 radical (unpaired) electrons. The second-order valence-corrected chi connectivity index (χ2v) is 3.99. The van der Waals surface area contributed by atoms with Gasteiger partial charge in [-0.2, -0.15) is 5.10 Å². The van der Waals surface area contributed by atoms with Crippen LogP contribution < -0.4 is 10.5 Å². The maximum atomic E-state index is 11.0. The highest BCUT2D eigenvalue weighted by atomic mass is 16.6. The van der Waals surface area contributed by atoms with Crippen molar-refractivity contribution in [2.24, 2.45) is 0 Å². The lowest BCUT2D eigenvalue weighted by Crippen LogP contribution is -1.98. The van der Waals surface area contributed by atoms with Crippen molar-refractivity contribution in [3.8, 4) is 11.5 Å². The number of aryl methyl sites for hydroxylation is 1. The Bertz CT molecular complexity index is 594. The van der Waals surface area contributed by atoms with Crippen LogP contribution in [-0.4, -0.2) is 14.7 Å². The van der Waals surface area contributed by atoms with E-state index < -0.39 is 4.92 Å². The first-order chi connectivity index (χ1) is 9.11. The van der Waals surface area contributed by atoms with Crippen molar-refractivity contribution in [1.82, 2.24) is 9.78 Å². The average molecular weight is 262 g/mol. The summed E-state index contributed by atoms with van der Waals surface area (Å²) in [4.78, 5) is 10.4. The van der Waals surface area contributed by atoms with Gasteiger partial charge in [0.25, 0.3) is 0 Å². The number of nitrogens with zero attached hydrogens (tertiary/aromatic N) is 3. The number of benzene rings is 1. The van der Waals surface area contributed by atoms with Crippen LogP contribution in [0.2, 0.25) is 0 Å². The average Bonchev–Trinajstić information content (AvgIpc) is 2.76. The Morgan fingerprint density at radius 2 is 2.32 bits per heavy atom. The summed E-state index contributed by atoms with van der Waals surface area (Å²) in [5.74, 6) is 0.559. The van der Waals surface area contributed by atoms with Crippen LogP contribution in [0.5, 0.6) is 11.5 Å². The number of nitro benzene ring substituents is 1. The standard InChI is InChI=1S/C12H14N4O3/c1-2-6-15-8-9(7-14-15)19-11-5-3-4-10(13)12(11)16(17)18/h3-5,7-8H,2,6,13H2,1H3. The summed E-state index contributed by atoms with van der Waals surface area (Å²) < 4.78 is 7.19. The quantitative estimate of drug-likeness (QED) is 0.507. The molecule has 2 N–H and O–H groups in total. The summed E-state index contributed by atoms with van der Waals surface area (Å²) in [6.07, 6.45) is 4.15. The minimum Gasteiger partial charge on any atom is -0.447 e. The number of nitro groups is 1. The lowest BCUT2D eigenvalue weighted by molar-refractivity contribution is -0.384. The SMILES string of the molecule is CCCn1cc(Oc2cccc(N)c2[N+](=O)[O-])cn1. The summed E-state index contributed by atoms with van der Waals surface area (Å²) in [6.45, 7) is 2.80. The normalized spacial score (nSPS) is 10.4. The number of nitrogen functional groups attached to an aromatic ring is 1. The fourth-order valence-electron chi connectivity index (χ4n) is 1.69. The van der Waals surface area contributed by atoms with Gasteiger partial charge in [-0.3, -0.25) is 14.8 Å². The van der Waals surface area contributed by atoms with Gasteiger partial charge in [0, 0.05) is 6.54 Å². The summed E-state index contributed by atoms with van der Waals surface area (Å²) in [5.41, 5.74) is 5.43. The van der Waals surface area contributed by atoms with Crippen molar-refractivity contribution >= 4 is 11.4 Å². The topological polar surface area (TPSA) is 96.2 Å².